The van der Waals surface area contributed by atoms with Gasteiger partial charge in [0.1, 0.15) is 0 Å². The maximum absolute atomic E-state index is 3.81. The fraction of sp³-hybridized carbons (Fsp3) is 0.667. The van der Waals surface area contributed by atoms with Crippen LogP contribution in [0.2, 0.25) is 0 Å². The van der Waals surface area contributed by atoms with E-state index in [1.54, 1.807) is 0 Å². The standard InChI is InChI=1S/C18H28BrN/c1-13(14-5-9-16(19)10-6-14)20-17-11-7-15(8-12-17)18(2,3)4/h5-6,9-10,13,15,17,20H,7-8,11-12H2,1-4H3/t13-,15?,17?/m0/s1. The molecule has 20 heavy (non-hydrogen) atoms. The lowest BCUT2D eigenvalue weighted by molar-refractivity contribution is 0.157. The minimum Gasteiger partial charge on any atom is -0.307 e. The zero-order chi connectivity index (χ0) is 14.8. The lowest BCUT2D eigenvalue weighted by atomic mass is 9.71. The van der Waals surface area contributed by atoms with E-state index in [9.17, 15) is 0 Å². The van der Waals surface area contributed by atoms with E-state index in [1.807, 2.05) is 0 Å². The Labute approximate surface area is 132 Å². The van der Waals surface area contributed by atoms with Crippen molar-refractivity contribution in [3.8, 4) is 0 Å². The number of hydrogen-bond acceptors (Lipinski definition) is 1. The normalized spacial score (nSPS) is 25.4. The van der Waals surface area contributed by atoms with Crippen LogP contribution in [0.25, 0.3) is 0 Å². The third-order valence-corrected chi connectivity index (χ3v) is 5.34. The van der Waals surface area contributed by atoms with Crippen molar-refractivity contribution in [2.75, 3.05) is 0 Å². The summed E-state index contributed by atoms with van der Waals surface area (Å²) in [5.41, 5.74) is 1.86. The second kappa shape index (κ2) is 6.62. The zero-order valence-corrected chi connectivity index (χ0v) is 14.8. The topological polar surface area (TPSA) is 12.0 Å². The number of nitrogens with one attached hydrogen (secondary N) is 1. The van der Waals surface area contributed by atoms with Crippen LogP contribution in [0.15, 0.2) is 28.7 Å². The number of hydrogen-bond donors (Lipinski definition) is 1. The molecule has 0 saturated heterocycles. The zero-order valence-electron chi connectivity index (χ0n) is 13.2. The van der Waals surface area contributed by atoms with Crippen molar-refractivity contribution >= 4 is 15.9 Å². The van der Waals surface area contributed by atoms with Gasteiger partial charge in [0.25, 0.3) is 0 Å². The number of halogens is 1. The third kappa shape index (κ3) is 4.33. The summed E-state index contributed by atoms with van der Waals surface area (Å²) in [4.78, 5) is 0. The third-order valence-electron chi connectivity index (χ3n) is 4.81. The molecular weight excluding hydrogens is 310 g/mol. The van der Waals surface area contributed by atoms with Crippen LogP contribution in [0.3, 0.4) is 0 Å². The highest BCUT2D eigenvalue weighted by Gasteiger charge is 2.29. The molecule has 1 aliphatic carbocycles. The Balaban J connectivity index is 1.85. The highest BCUT2D eigenvalue weighted by atomic mass is 79.9. The molecule has 112 valence electrons. The van der Waals surface area contributed by atoms with Crippen molar-refractivity contribution in [3.05, 3.63) is 34.3 Å². The van der Waals surface area contributed by atoms with E-state index in [1.165, 1.54) is 31.2 Å². The van der Waals surface area contributed by atoms with Crippen LogP contribution >= 0.6 is 15.9 Å². The molecule has 0 unspecified atom stereocenters. The Morgan fingerprint density at radius 1 is 1.05 bits per heavy atom. The quantitative estimate of drug-likeness (QED) is 0.745. The van der Waals surface area contributed by atoms with E-state index in [0.29, 0.717) is 17.5 Å². The summed E-state index contributed by atoms with van der Waals surface area (Å²) < 4.78 is 1.15. The molecule has 0 aliphatic heterocycles. The van der Waals surface area contributed by atoms with E-state index in [2.05, 4.69) is 73.2 Å². The van der Waals surface area contributed by atoms with Gasteiger partial charge >= 0.3 is 0 Å². The molecule has 1 fully saturated rings. The van der Waals surface area contributed by atoms with Crippen molar-refractivity contribution in [1.29, 1.82) is 0 Å². The molecule has 1 atom stereocenters. The summed E-state index contributed by atoms with van der Waals surface area (Å²) in [5.74, 6) is 0.892. The summed E-state index contributed by atoms with van der Waals surface area (Å²) in [6.07, 6.45) is 5.38. The average molecular weight is 338 g/mol. The summed E-state index contributed by atoms with van der Waals surface area (Å²) in [6.45, 7) is 9.43. The molecule has 1 aromatic carbocycles. The molecule has 1 saturated carbocycles. The number of benzene rings is 1. The first-order valence-corrected chi connectivity index (χ1v) is 8.67. The summed E-state index contributed by atoms with van der Waals surface area (Å²) in [6, 6.07) is 9.81. The molecule has 1 N–H and O–H groups in total. The predicted octanol–water partition coefficient (Wildman–Crippen LogP) is 5.70. The molecule has 2 heteroatoms. The largest absolute Gasteiger partial charge is 0.307 e. The van der Waals surface area contributed by atoms with Crippen LogP contribution < -0.4 is 5.32 Å². The van der Waals surface area contributed by atoms with Crippen LogP contribution in [0.1, 0.15) is 65.0 Å². The summed E-state index contributed by atoms with van der Waals surface area (Å²) in [7, 11) is 0. The molecule has 0 heterocycles. The molecule has 1 aromatic rings. The molecule has 0 bridgehead atoms. The van der Waals surface area contributed by atoms with Gasteiger partial charge in [-0.05, 0) is 61.6 Å². The Hall–Kier alpha value is -0.340. The van der Waals surface area contributed by atoms with E-state index in [0.717, 1.165) is 10.4 Å². The first-order valence-electron chi connectivity index (χ1n) is 7.88. The fourth-order valence-corrected chi connectivity index (χ4v) is 3.59. The van der Waals surface area contributed by atoms with Gasteiger partial charge in [0.15, 0.2) is 0 Å². The van der Waals surface area contributed by atoms with Crippen LogP contribution in [-0.4, -0.2) is 6.04 Å². The van der Waals surface area contributed by atoms with Gasteiger partial charge in [0.2, 0.25) is 0 Å². The van der Waals surface area contributed by atoms with E-state index < -0.39 is 0 Å². The SMILES string of the molecule is C[C@H](NC1CCC(C(C)(C)C)CC1)c1ccc(Br)cc1. The molecule has 1 nitrogen and oxygen atoms in total. The Morgan fingerprint density at radius 3 is 2.10 bits per heavy atom. The lowest BCUT2D eigenvalue weighted by Crippen LogP contribution is -2.37. The van der Waals surface area contributed by atoms with E-state index >= 15 is 0 Å². The molecule has 1 aliphatic rings. The number of rotatable bonds is 3. The molecule has 2 rings (SSSR count). The summed E-state index contributed by atoms with van der Waals surface area (Å²) in [5, 5.41) is 3.81. The van der Waals surface area contributed by atoms with Gasteiger partial charge in [-0.15, -0.1) is 0 Å². The predicted molar refractivity (Wildman–Crippen MR) is 90.9 cm³/mol. The van der Waals surface area contributed by atoms with Crippen LogP contribution in [-0.2, 0) is 0 Å². The van der Waals surface area contributed by atoms with Crippen LogP contribution in [0.5, 0.6) is 0 Å². The van der Waals surface area contributed by atoms with Gasteiger partial charge < -0.3 is 5.32 Å². The highest BCUT2D eigenvalue weighted by Crippen LogP contribution is 2.38. The Morgan fingerprint density at radius 2 is 1.60 bits per heavy atom. The molecular formula is C18H28BrN. The van der Waals surface area contributed by atoms with Gasteiger partial charge in [0.05, 0.1) is 0 Å². The van der Waals surface area contributed by atoms with Gasteiger partial charge in [-0.1, -0.05) is 48.8 Å². The van der Waals surface area contributed by atoms with Gasteiger partial charge in [0, 0.05) is 16.6 Å². The van der Waals surface area contributed by atoms with Gasteiger partial charge in [-0.25, -0.2) is 0 Å². The second-order valence-electron chi connectivity index (χ2n) is 7.35. The lowest BCUT2D eigenvalue weighted by Gasteiger charge is -2.38. The van der Waals surface area contributed by atoms with Crippen LogP contribution in [0.4, 0.5) is 0 Å². The van der Waals surface area contributed by atoms with E-state index in [-0.39, 0.29) is 0 Å². The molecule has 0 amide bonds. The Bertz CT molecular complexity index is 410. The molecule has 0 spiro atoms. The highest BCUT2D eigenvalue weighted by molar-refractivity contribution is 9.10. The second-order valence-corrected chi connectivity index (χ2v) is 8.27. The van der Waals surface area contributed by atoms with Gasteiger partial charge in [-0.3, -0.25) is 0 Å². The van der Waals surface area contributed by atoms with Crippen molar-refractivity contribution in [2.24, 2.45) is 11.3 Å². The minimum atomic E-state index is 0.444. The van der Waals surface area contributed by atoms with E-state index in [4.69, 9.17) is 0 Å². The molecule has 0 aromatic heterocycles. The monoisotopic (exact) mass is 337 g/mol. The first kappa shape index (κ1) is 16.0. The van der Waals surface area contributed by atoms with Crippen molar-refractivity contribution < 1.29 is 0 Å². The van der Waals surface area contributed by atoms with Crippen molar-refractivity contribution in [1.82, 2.24) is 5.32 Å². The van der Waals surface area contributed by atoms with Crippen molar-refractivity contribution in [2.45, 2.75) is 65.5 Å². The Kier molecular flexibility index (Phi) is 5.30. The van der Waals surface area contributed by atoms with Crippen LogP contribution in [0, 0.1) is 11.3 Å². The van der Waals surface area contributed by atoms with Gasteiger partial charge in [-0.2, -0.15) is 0 Å². The maximum atomic E-state index is 3.81. The maximum Gasteiger partial charge on any atom is 0.0294 e. The van der Waals surface area contributed by atoms with Crippen molar-refractivity contribution in [3.63, 3.8) is 0 Å². The first-order chi connectivity index (χ1) is 9.36. The summed E-state index contributed by atoms with van der Waals surface area (Å²) >= 11 is 3.50. The molecule has 0 radical (unpaired) electrons. The smallest absolute Gasteiger partial charge is 0.0294 e. The minimum absolute atomic E-state index is 0.444. The fourth-order valence-electron chi connectivity index (χ4n) is 3.33. The average Bonchev–Trinajstić information content (AvgIpc) is 2.39.